The summed E-state index contributed by atoms with van der Waals surface area (Å²) in [7, 11) is 0. The molecular weight excluding hydrogens is 194 g/mol. The Hall–Kier alpha value is -2.37. The van der Waals surface area contributed by atoms with Crippen LogP contribution in [0.5, 0.6) is 0 Å². The zero-order valence-electron chi connectivity index (χ0n) is 7.78. The second-order valence-electron chi connectivity index (χ2n) is 2.87. The molecule has 2 rings (SSSR count). The van der Waals surface area contributed by atoms with Gasteiger partial charge in [-0.25, -0.2) is 4.68 Å². The number of nitrogens with two attached hydrogens (primary N) is 1. The van der Waals surface area contributed by atoms with Gasteiger partial charge in [0.2, 0.25) is 0 Å². The van der Waals surface area contributed by atoms with Crippen LogP contribution in [0.1, 0.15) is 5.69 Å². The first-order valence-electron chi connectivity index (χ1n) is 4.27. The Labute approximate surface area is 85.6 Å². The molecule has 6 heteroatoms. The fraction of sp³-hybridized carbons (Fsp3) is 0. The highest BCUT2D eigenvalue weighted by molar-refractivity contribution is 5.94. The molecule has 3 N–H and O–H groups in total. The van der Waals surface area contributed by atoms with Gasteiger partial charge in [0.25, 0.3) is 0 Å². The Kier molecular flexibility index (Phi) is 2.32. The van der Waals surface area contributed by atoms with Crippen molar-refractivity contribution in [2.45, 2.75) is 0 Å². The van der Waals surface area contributed by atoms with Gasteiger partial charge >= 0.3 is 0 Å². The lowest BCUT2D eigenvalue weighted by Crippen LogP contribution is -2.13. The summed E-state index contributed by atoms with van der Waals surface area (Å²) in [4.78, 5) is 0. The van der Waals surface area contributed by atoms with Crippen LogP contribution < -0.4 is 5.73 Å². The number of oxime groups is 1. The van der Waals surface area contributed by atoms with Crippen molar-refractivity contribution in [2.75, 3.05) is 0 Å². The smallest absolute Gasteiger partial charge is 0.192 e. The van der Waals surface area contributed by atoms with Crippen molar-refractivity contribution in [2.24, 2.45) is 10.9 Å². The van der Waals surface area contributed by atoms with E-state index in [1.165, 1.54) is 0 Å². The predicted molar refractivity (Wildman–Crippen MR) is 53.9 cm³/mol. The summed E-state index contributed by atoms with van der Waals surface area (Å²) in [6.07, 6.45) is 1.59. The lowest BCUT2D eigenvalue weighted by molar-refractivity contribution is 0.318. The van der Waals surface area contributed by atoms with E-state index in [2.05, 4.69) is 15.5 Å². The monoisotopic (exact) mass is 203 g/mol. The highest BCUT2D eigenvalue weighted by atomic mass is 16.4. The Balaban J connectivity index is 2.36. The molecule has 0 radical (unpaired) electrons. The standard InChI is InChI=1S/C9H9N5O/c10-9(12-15)8-6-14(13-11-8)7-4-2-1-3-5-7/h1-6,15H,(H2,10,12). The molecule has 15 heavy (non-hydrogen) atoms. The summed E-state index contributed by atoms with van der Waals surface area (Å²) in [5.41, 5.74) is 6.57. The van der Waals surface area contributed by atoms with Gasteiger partial charge in [-0.05, 0) is 12.1 Å². The van der Waals surface area contributed by atoms with E-state index in [0.29, 0.717) is 5.69 Å². The lowest BCUT2D eigenvalue weighted by atomic mass is 10.3. The molecule has 1 aromatic carbocycles. The molecule has 0 aliphatic carbocycles. The van der Waals surface area contributed by atoms with Gasteiger partial charge in [-0.1, -0.05) is 28.6 Å². The third-order valence-electron chi connectivity index (χ3n) is 1.88. The molecule has 6 nitrogen and oxygen atoms in total. The Bertz CT molecular complexity index is 476. The van der Waals surface area contributed by atoms with Crippen LogP contribution in [0.4, 0.5) is 0 Å². The highest BCUT2D eigenvalue weighted by Gasteiger charge is 2.05. The van der Waals surface area contributed by atoms with E-state index in [9.17, 15) is 0 Å². The summed E-state index contributed by atoms with van der Waals surface area (Å²) in [6, 6.07) is 9.45. The van der Waals surface area contributed by atoms with Crippen molar-refractivity contribution in [1.29, 1.82) is 0 Å². The average molecular weight is 203 g/mol. The molecule has 0 saturated heterocycles. The molecule has 0 amide bonds. The van der Waals surface area contributed by atoms with E-state index in [-0.39, 0.29) is 5.84 Å². The van der Waals surface area contributed by atoms with Gasteiger partial charge in [0.1, 0.15) is 0 Å². The van der Waals surface area contributed by atoms with Gasteiger partial charge < -0.3 is 10.9 Å². The number of aromatic nitrogens is 3. The molecule has 2 aromatic rings. The summed E-state index contributed by atoms with van der Waals surface area (Å²) >= 11 is 0. The summed E-state index contributed by atoms with van der Waals surface area (Å²) in [5, 5.41) is 18.9. The highest BCUT2D eigenvalue weighted by Crippen LogP contribution is 2.05. The largest absolute Gasteiger partial charge is 0.409 e. The summed E-state index contributed by atoms with van der Waals surface area (Å²) in [5.74, 6) is -0.0582. The van der Waals surface area contributed by atoms with E-state index in [0.717, 1.165) is 5.69 Å². The van der Waals surface area contributed by atoms with Gasteiger partial charge in [0, 0.05) is 0 Å². The number of para-hydroxylation sites is 1. The first kappa shape index (κ1) is 9.20. The van der Waals surface area contributed by atoms with Crippen LogP contribution in [0, 0.1) is 0 Å². The van der Waals surface area contributed by atoms with Crippen LogP contribution in [0.25, 0.3) is 5.69 Å². The van der Waals surface area contributed by atoms with E-state index in [1.807, 2.05) is 30.3 Å². The lowest BCUT2D eigenvalue weighted by Gasteiger charge is -1.96. The minimum absolute atomic E-state index is 0.0582. The molecular formula is C9H9N5O. The van der Waals surface area contributed by atoms with Crippen molar-refractivity contribution in [3.8, 4) is 5.69 Å². The first-order valence-corrected chi connectivity index (χ1v) is 4.27. The van der Waals surface area contributed by atoms with Crippen LogP contribution in [0.3, 0.4) is 0 Å². The number of benzene rings is 1. The van der Waals surface area contributed by atoms with E-state index in [4.69, 9.17) is 10.9 Å². The topological polar surface area (TPSA) is 89.3 Å². The molecule has 0 spiro atoms. The van der Waals surface area contributed by atoms with Crippen molar-refractivity contribution < 1.29 is 5.21 Å². The molecule has 0 unspecified atom stereocenters. The number of hydrogen-bond donors (Lipinski definition) is 2. The van der Waals surface area contributed by atoms with Gasteiger partial charge in [-0.3, -0.25) is 0 Å². The van der Waals surface area contributed by atoms with Gasteiger partial charge in [-0.2, -0.15) is 0 Å². The second-order valence-corrected chi connectivity index (χ2v) is 2.87. The number of amidine groups is 1. The maximum Gasteiger partial charge on any atom is 0.192 e. The molecule has 1 aromatic heterocycles. The van der Waals surface area contributed by atoms with Crippen LogP contribution in [-0.4, -0.2) is 26.0 Å². The Morgan fingerprint density at radius 3 is 2.73 bits per heavy atom. The zero-order chi connectivity index (χ0) is 10.7. The molecule has 0 bridgehead atoms. The second kappa shape index (κ2) is 3.79. The van der Waals surface area contributed by atoms with Crippen molar-refractivity contribution >= 4 is 5.84 Å². The van der Waals surface area contributed by atoms with Crippen LogP contribution in [0.2, 0.25) is 0 Å². The quantitative estimate of drug-likeness (QED) is 0.319. The van der Waals surface area contributed by atoms with Crippen molar-refractivity contribution in [3.63, 3.8) is 0 Å². The van der Waals surface area contributed by atoms with Gasteiger partial charge in [0.05, 0.1) is 11.9 Å². The van der Waals surface area contributed by atoms with Crippen LogP contribution in [-0.2, 0) is 0 Å². The molecule has 76 valence electrons. The molecule has 0 saturated carbocycles. The molecule has 1 heterocycles. The van der Waals surface area contributed by atoms with E-state index >= 15 is 0 Å². The van der Waals surface area contributed by atoms with Gasteiger partial charge in [-0.15, -0.1) is 5.10 Å². The number of hydrogen-bond acceptors (Lipinski definition) is 4. The minimum atomic E-state index is -0.0582. The minimum Gasteiger partial charge on any atom is -0.409 e. The molecule has 0 atom stereocenters. The van der Waals surface area contributed by atoms with E-state index in [1.54, 1.807) is 10.9 Å². The third-order valence-corrected chi connectivity index (χ3v) is 1.88. The Morgan fingerprint density at radius 2 is 2.07 bits per heavy atom. The van der Waals surface area contributed by atoms with Crippen LogP contribution in [0.15, 0.2) is 41.7 Å². The maximum atomic E-state index is 8.45. The van der Waals surface area contributed by atoms with Crippen molar-refractivity contribution in [1.82, 2.24) is 15.0 Å². The van der Waals surface area contributed by atoms with Crippen LogP contribution >= 0.6 is 0 Å². The fourth-order valence-electron chi connectivity index (χ4n) is 1.14. The predicted octanol–water partition coefficient (Wildman–Crippen LogP) is 0.362. The normalized spacial score (nSPS) is 11.6. The fourth-order valence-corrected chi connectivity index (χ4v) is 1.14. The third kappa shape index (κ3) is 1.78. The molecule has 0 aliphatic heterocycles. The van der Waals surface area contributed by atoms with Gasteiger partial charge in [0.15, 0.2) is 11.5 Å². The SMILES string of the molecule is N/C(=N/O)c1cn(-c2ccccc2)nn1. The zero-order valence-corrected chi connectivity index (χ0v) is 7.78. The first-order chi connectivity index (χ1) is 7.31. The summed E-state index contributed by atoms with van der Waals surface area (Å²) < 4.78 is 1.55. The number of rotatable bonds is 2. The van der Waals surface area contributed by atoms with Crippen molar-refractivity contribution in [3.05, 3.63) is 42.2 Å². The van der Waals surface area contributed by atoms with E-state index < -0.39 is 0 Å². The average Bonchev–Trinajstić information content (AvgIpc) is 2.78. The molecule has 0 fully saturated rings. The summed E-state index contributed by atoms with van der Waals surface area (Å²) in [6.45, 7) is 0. The number of nitrogens with zero attached hydrogens (tertiary/aromatic N) is 4. The molecule has 0 aliphatic rings. The maximum absolute atomic E-state index is 8.45. The Morgan fingerprint density at radius 1 is 1.33 bits per heavy atom.